The van der Waals surface area contributed by atoms with E-state index in [9.17, 15) is 4.79 Å². The molecule has 5 heteroatoms. The lowest BCUT2D eigenvalue weighted by Crippen LogP contribution is -2.33. The molecule has 0 saturated heterocycles. The van der Waals surface area contributed by atoms with Gasteiger partial charge in [0.25, 0.3) is 0 Å². The second-order valence-electron chi connectivity index (χ2n) is 8.27. The summed E-state index contributed by atoms with van der Waals surface area (Å²) in [7, 11) is 0. The van der Waals surface area contributed by atoms with Gasteiger partial charge < -0.3 is 19.7 Å². The summed E-state index contributed by atoms with van der Waals surface area (Å²) >= 11 is 0. The van der Waals surface area contributed by atoms with Crippen molar-refractivity contribution in [2.24, 2.45) is 0 Å². The van der Waals surface area contributed by atoms with E-state index in [0.717, 1.165) is 59.0 Å². The highest BCUT2D eigenvalue weighted by molar-refractivity contribution is 5.97. The molecule has 1 spiro atoms. The predicted molar refractivity (Wildman–Crippen MR) is 127 cm³/mol. The normalized spacial score (nSPS) is 17.8. The van der Waals surface area contributed by atoms with Gasteiger partial charge >= 0.3 is 5.97 Å². The van der Waals surface area contributed by atoms with E-state index >= 15 is 0 Å². The van der Waals surface area contributed by atoms with Gasteiger partial charge in [-0.1, -0.05) is 18.2 Å². The first kappa shape index (κ1) is 20.4. The third kappa shape index (κ3) is 2.80. The molecule has 2 aliphatic heterocycles. The molecule has 0 radical (unpaired) electrons. The van der Waals surface area contributed by atoms with Gasteiger partial charge in [-0.05, 0) is 57.5 Å². The third-order valence-corrected chi connectivity index (χ3v) is 6.52. The number of anilines is 2. The number of fused-ring (bicyclic) bond motifs is 6. The topological polar surface area (TPSA) is 50.8 Å². The number of esters is 1. The molecule has 5 nitrogen and oxygen atoms in total. The Hall–Kier alpha value is -3.47. The van der Waals surface area contributed by atoms with Gasteiger partial charge in [-0.3, -0.25) is 0 Å². The average molecular weight is 429 g/mol. The number of aryl methyl sites for hydroxylation is 1. The first-order chi connectivity index (χ1) is 15.5. The first-order valence-electron chi connectivity index (χ1n) is 11.3. The Balaban J connectivity index is 1.80. The van der Waals surface area contributed by atoms with Crippen molar-refractivity contribution in [2.75, 3.05) is 29.9 Å². The summed E-state index contributed by atoms with van der Waals surface area (Å²) in [6.07, 6.45) is 0. The van der Waals surface area contributed by atoms with Crippen molar-refractivity contribution in [3.05, 3.63) is 82.4 Å². The second kappa shape index (κ2) is 7.59. The largest absolute Gasteiger partial charge is 0.456 e. The van der Waals surface area contributed by atoms with Crippen LogP contribution in [-0.4, -0.2) is 25.6 Å². The van der Waals surface area contributed by atoms with Crippen LogP contribution in [0.2, 0.25) is 0 Å². The van der Waals surface area contributed by atoms with Gasteiger partial charge in [-0.2, -0.15) is 0 Å². The Morgan fingerprint density at radius 2 is 1.66 bits per heavy atom. The van der Waals surface area contributed by atoms with E-state index in [2.05, 4.69) is 50.0 Å². The van der Waals surface area contributed by atoms with Crippen LogP contribution in [0.5, 0.6) is 11.5 Å². The van der Waals surface area contributed by atoms with E-state index in [1.54, 1.807) is 0 Å². The number of benzene rings is 3. The zero-order valence-electron chi connectivity index (χ0n) is 19.0. The summed E-state index contributed by atoms with van der Waals surface area (Å²) in [5.41, 5.74) is 5.39. The van der Waals surface area contributed by atoms with Gasteiger partial charge in [-0.15, -0.1) is 0 Å². The molecule has 0 aromatic heterocycles. The van der Waals surface area contributed by atoms with Crippen LogP contribution in [-0.2, 0) is 10.3 Å². The van der Waals surface area contributed by atoms with Crippen molar-refractivity contribution in [2.45, 2.75) is 33.3 Å². The molecule has 1 N–H and O–H groups in total. The minimum absolute atomic E-state index is 0.305. The van der Waals surface area contributed by atoms with E-state index in [-0.39, 0.29) is 5.97 Å². The fraction of sp³-hybridized carbons (Fsp3) is 0.296. The maximum absolute atomic E-state index is 13.0. The Bertz CT molecular complexity index is 1220. The summed E-state index contributed by atoms with van der Waals surface area (Å²) in [5, 5.41) is 3.35. The number of rotatable bonds is 5. The minimum Gasteiger partial charge on any atom is -0.456 e. The van der Waals surface area contributed by atoms with Crippen LogP contribution in [0.4, 0.5) is 11.4 Å². The van der Waals surface area contributed by atoms with Crippen LogP contribution in [0.1, 0.15) is 53.4 Å². The highest BCUT2D eigenvalue weighted by Gasteiger charge is 2.53. The third-order valence-electron chi connectivity index (χ3n) is 6.52. The standard InChI is InChI=1S/C27H28N2O3/c1-5-28-18-12-13-21-24(15-18)31-25-16-23(29(6-2)7-3)17(4)14-22(25)27(21)20-11-9-8-10-19(20)26(30)32-27/h8-16,28H,5-7H2,1-4H3. The van der Waals surface area contributed by atoms with E-state index in [4.69, 9.17) is 9.47 Å². The lowest BCUT2D eigenvalue weighted by molar-refractivity contribution is 0.0224. The molecule has 5 rings (SSSR count). The number of hydrogen-bond acceptors (Lipinski definition) is 5. The second-order valence-corrected chi connectivity index (χ2v) is 8.27. The zero-order chi connectivity index (χ0) is 22.5. The smallest absolute Gasteiger partial charge is 0.340 e. The van der Waals surface area contributed by atoms with Crippen molar-refractivity contribution in [3.8, 4) is 11.5 Å². The average Bonchev–Trinajstić information content (AvgIpc) is 3.09. The Kier molecular flexibility index (Phi) is 4.85. The van der Waals surface area contributed by atoms with Crippen molar-refractivity contribution in [3.63, 3.8) is 0 Å². The number of nitrogens with zero attached hydrogens (tertiary/aromatic N) is 1. The van der Waals surface area contributed by atoms with Gasteiger partial charge in [-0.25, -0.2) is 4.79 Å². The maximum Gasteiger partial charge on any atom is 0.340 e. The highest BCUT2D eigenvalue weighted by atomic mass is 16.6. The van der Waals surface area contributed by atoms with E-state index in [1.807, 2.05) is 42.5 Å². The van der Waals surface area contributed by atoms with Gasteiger partial charge in [0.2, 0.25) is 0 Å². The molecule has 2 heterocycles. The SMILES string of the molecule is CCNc1ccc2c(c1)Oc1cc(N(CC)CC)c(C)cc1C21OC(=O)c2ccccc21. The molecule has 0 saturated carbocycles. The molecule has 1 unspecified atom stereocenters. The molecule has 3 aromatic carbocycles. The van der Waals surface area contributed by atoms with Crippen molar-refractivity contribution in [1.29, 1.82) is 0 Å². The summed E-state index contributed by atoms with van der Waals surface area (Å²) < 4.78 is 12.7. The van der Waals surface area contributed by atoms with Gasteiger partial charge in [0.05, 0.1) is 5.56 Å². The lowest BCUT2D eigenvalue weighted by Gasteiger charge is -2.38. The molecule has 0 aliphatic carbocycles. The van der Waals surface area contributed by atoms with Gasteiger partial charge in [0.15, 0.2) is 5.60 Å². The van der Waals surface area contributed by atoms with Crippen LogP contribution < -0.4 is 15.0 Å². The van der Waals surface area contributed by atoms with Crippen molar-refractivity contribution in [1.82, 2.24) is 0 Å². The molecule has 32 heavy (non-hydrogen) atoms. The monoisotopic (exact) mass is 428 g/mol. The number of carbonyl (C=O) groups is 1. The van der Waals surface area contributed by atoms with Crippen LogP contribution in [0.3, 0.4) is 0 Å². The van der Waals surface area contributed by atoms with E-state index in [0.29, 0.717) is 11.3 Å². The molecule has 3 aromatic rings. The number of carbonyl (C=O) groups excluding carboxylic acids is 1. The fourth-order valence-corrected chi connectivity index (χ4v) is 5.03. The van der Waals surface area contributed by atoms with Gasteiger partial charge in [0, 0.05) is 59.8 Å². The van der Waals surface area contributed by atoms with Crippen LogP contribution in [0, 0.1) is 6.92 Å². The van der Waals surface area contributed by atoms with Crippen LogP contribution in [0.15, 0.2) is 54.6 Å². The molecule has 1 atom stereocenters. The quantitative estimate of drug-likeness (QED) is 0.517. The first-order valence-corrected chi connectivity index (χ1v) is 11.3. The number of ether oxygens (including phenoxy) is 2. The lowest BCUT2D eigenvalue weighted by atomic mass is 9.77. The molecule has 2 aliphatic rings. The molecule has 0 bridgehead atoms. The van der Waals surface area contributed by atoms with E-state index < -0.39 is 5.60 Å². The summed E-state index contributed by atoms with van der Waals surface area (Å²) in [6.45, 7) is 11.1. The fourth-order valence-electron chi connectivity index (χ4n) is 5.03. The molecule has 0 fully saturated rings. The van der Waals surface area contributed by atoms with Crippen molar-refractivity contribution < 1.29 is 14.3 Å². The molecular weight excluding hydrogens is 400 g/mol. The number of hydrogen-bond donors (Lipinski definition) is 1. The Labute approximate surface area is 189 Å². The zero-order valence-corrected chi connectivity index (χ0v) is 19.0. The maximum atomic E-state index is 13.0. The highest BCUT2D eigenvalue weighted by Crippen LogP contribution is 2.57. The molecular formula is C27H28N2O3. The van der Waals surface area contributed by atoms with Crippen molar-refractivity contribution >= 4 is 17.3 Å². The molecule has 164 valence electrons. The summed E-state index contributed by atoms with van der Waals surface area (Å²) in [4.78, 5) is 15.3. The van der Waals surface area contributed by atoms with Crippen LogP contribution in [0.25, 0.3) is 0 Å². The van der Waals surface area contributed by atoms with Gasteiger partial charge in [0.1, 0.15) is 11.5 Å². The number of nitrogens with one attached hydrogen (secondary N) is 1. The summed E-state index contributed by atoms with van der Waals surface area (Å²) in [5.74, 6) is 1.12. The minimum atomic E-state index is -1.02. The Morgan fingerprint density at radius 1 is 0.906 bits per heavy atom. The Morgan fingerprint density at radius 3 is 2.41 bits per heavy atom. The predicted octanol–water partition coefficient (Wildman–Crippen LogP) is 5.84. The van der Waals surface area contributed by atoms with Crippen LogP contribution >= 0.6 is 0 Å². The molecule has 0 amide bonds. The summed E-state index contributed by atoms with van der Waals surface area (Å²) in [6, 6.07) is 17.9. The van der Waals surface area contributed by atoms with E-state index in [1.165, 1.54) is 0 Å².